The van der Waals surface area contributed by atoms with Gasteiger partial charge in [-0.25, -0.2) is 4.98 Å². The monoisotopic (exact) mass is 347 g/mol. The first-order chi connectivity index (χ1) is 12.2. The van der Waals surface area contributed by atoms with Crippen LogP contribution in [-0.2, 0) is 0 Å². The second-order valence-electron chi connectivity index (χ2n) is 6.20. The van der Waals surface area contributed by atoms with Crippen molar-refractivity contribution < 1.29 is 4.79 Å². The quantitative estimate of drug-likeness (QED) is 0.485. The van der Waals surface area contributed by atoms with E-state index in [0.717, 1.165) is 27.4 Å². The Balaban J connectivity index is 1.76. The summed E-state index contributed by atoms with van der Waals surface area (Å²) < 4.78 is 1.66. The van der Waals surface area contributed by atoms with Gasteiger partial charge < -0.3 is 0 Å². The number of nitrogens with zero attached hydrogens (tertiary/aromatic N) is 3. The van der Waals surface area contributed by atoms with Gasteiger partial charge in [0, 0.05) is 11.5 Å². The van der Waals surface area contributed by atoms with Crippen molar-refractivity contribution in [3.63, 3.8) is 0 Å². The lowest BCUT2D eigenvalue weighted by Gasteiger charge is -2.03. The second kappa shape index (κ2) is 6.26. The zero-order valence-corrected chi connectivity index (χ0v) is 14.8. The topological polar surface area (TPSA) is 47.3 Å². The van der Waals surface area contributed by atoms with Crippen molar-refractivity contribution in [2.45, 2.75) is 19.8 Å². The molecule has 4 nitrogen and oxygen atoms in total. The Hall–Kier alpha value is -2.79. The molecule has 0 aliphatic carbocycles. The summed E-state index contributed by atoms with van der Waals surface area (Å²) in [5.41, 5.74) is 4.41. The number of rotatable bonds is 4. The first kappa shape index (κ1) is 15.7. The van der Waals surface area contributed by atoms with Gasteiger partial charge in [0.1, 0.15) is 16.4 Å². The summed E-state index contributed by atoms with van der Waals surface area (Å²) in [5, 5.41) is 5.52. The molecule has 5 heteroatoms. The van der Waals surface area contributed by atoms with Gasteiger partial charge in [0.05, 0.1) is 0 Å². The normalized spacial score (nSPS) is 11.3. The maximum absolute atomic E-state index is 11.6. The van der Waals surface area contributed by atoms with E-state index in [9.17, 15) is 4.79 Å². The Morgan fingerprint density at radius 1 is 0.960 bits per heavy atom. The molecule has 0 amide bonds. The summed E-state index contributed by atoms with van der Waals surface area (Å²) in [7, 11) is 0. The van der Waals surface area contributed by atoms with Crippen LogP contribution < -0.4 is 0 Å². The van der Waals surface area contributed by atoms with E-state index in [2.05, 4.69) is 48.2 Å². The van der Waals surface area contributed by atoms with Crippen LogP contribution >= 0.6 is 11.3 Å². The molecule has 0 fully saturated rings. The summed E-state index contributed by atoms with van der Waals surface area (Å²) in [4.78, 5) is 17.1. The van der Waals surface area contributed by atoms with Crippen LogP contribution in [-0.4, -0.2) is 20.9 Å². The lowest BCUT2D eigenvalue weighted by molar-refractivity contribution is 0.111. The first-order valence-electron chi connectivity index (χ1n) is 8.18. The van der Waals surface area contributed by atoms with Gasteiger partial charge in [0.25, 0.3) is 0 Å². The number of aromatic nitrogens is 3. The molecule has 2 aromatic heterocycles. The van der Waals surface area contributed by atoms with E-state index in [1.807, 2.05) is 30.3 Å². The minimum absolute atomic E-state index is 0.319. The number of hydrogen-bond acceptors (Lipinski definition) is 4. The van der Waals surface area contributed by atoms with Gasteiger partial charge in [-0.05, 0) is 11.1 Å². The predicted molar refractivity (Wildman–Crippen MR) is 101 cm³/mol. The Bertz CT molecular complexity index is 1030. The van der Waals surface area contributed by atoms with Crippen LogP contribution in [0, 0.1) is 0 Å². The number of carbonyl (C=O) groups excluding carboxylic acids is 1. The Kier molecular flexibility index (Phi) is 3.93. The third-order valence-corrected chi connectivity index (χ3v) is 5.33. The first-order valence-corrected chi connectivity index (χ1v) is 8.99. The highest BCUT2D eigenvalue weighted by molar-refractivity contribution is 7.16. The largest absolute Gasteiger partial charge is 0.296 e. The van der Waals surface area contributed by atoms with Crippen LogP contribution in [0.1, 0.15) is 35.3 Å². The highest BCUT2D eigenvalue weighted by Gasteiger charge is 2.18. The van der Waals surface area contributed by atoms with E-state index < -0.39 is 0 Å². The van der Waals surface area contributed by atoms with E-state index in [1.165, 1.54) is 16.9 Å². The lowest BCUT2D eigenvalue weighted by Crippen LogP contribution is -1.96. The van der Waals surface area contributed by atoms with Gasteiger partial charge in [0.15, 0.2) is 6.29 Å². The second-order valence-corrected chi connectivity index (χ2v) is 7.18. The number of hydrogen-bond donors (Lipinski definition) is 0. The van der Waals surface area contributed by atoms with E-state index in [-0.39, 0.29) is 0 Å². The van der Waals surface area contributed by atoms with Crippen molar-refractivity contribution in [3.8, 4) is 22.4 Å². The minimum Gasteiger partial charge on any atom is -0.296 e. The van der Waals surface area contributed by atoms with Gasteiger partial charge in [-0.3, -0.25) is 4.79 Å². The van der Waals surface area contributed by atoms with E-state index in [0.29, 0.717) is 17.3 Å². The van der Waals surface area contributed by atoms with Gasteiger partial charge in [-0.15, -0.1) is 0 Å². The van der Waals surface area contributed by atoms with Crippen molar-refractivity contribution in [3.05, 3.63) is 65.3 Å². The summed E-state index contributed by atoms with van der Waals surface area (Å²) >= 11 is 1.53. The fraction of sp³-hybridized carbons (Fsp3) is 0.150. The Morgan fingerprint density at radius 2 is 1.60 bits per heavy atom. The molecule has 0 radical (unpaired) electrons. The third-order valence-electron chi connectivity index (χ3n) is 4.12. The number of benzene rings is 2. The molecule has 0 bridgehead atoms. The summed E-state index contributed by atoms with van der Waals surface area (Å²) in [6.45, 7) is 4.17. The molecule has 2 heterocycles. The predicted octanol–water partition coefficient (Wildman–Crippen LogP) is 5.06. The molecule has 0 saturated heterocycles. The molecule has 4 rings (SSSR count). The van der Waals surface area contributed by atoms with Crippen LogP contribution in [0.4, 0.5) is 0 Å². The van der Waals surface area contributed by atoms with Crippen molar-refractivity contribution in [2.75, 3.05) is 0 Å². The van der Waals surface area contributed by atoms with E-state index in [4.69, 9.17) is 0 Å². The molecule has 4 aromatic rings. The molecule has 0 spiro atoms. The fourth-order valence-corrected chi connectivity index (χ4v) is 3.69. The summed E-state index contributed by atoms with van der Waals surface area (Å²) in [6, 6.07) is 18.3. The maximum Gasteiger partial charge on any atom is 0.213 e. The van der Waals surface area contributed by atoms with Crippen LogP contribution in [0.25, 0.3) is 27.3 Å². The van der Waals surface area contributed by atoms with Crippen LogP contribution in [0.3, 0.4) is 0 Å². The van der Waals surface area contributed by atoms with Crippen LogP contribution in [0.2, 0.25) is 0 Å². The smallest absolute Gasteiger partial charge is 0.213 e. The van der Waals surface area contributed by atoms with Crippen molar-refractivity contribution >= 4 is 22.6 Å². The molecule has 0 atom stereocenters. The molecule has 2 aromatic carbocycles. The highest BCUT2D eigenvalue weighted by Crippen LogP contribution is 2.30. The number of imidazole rings is 1. The standard InChI is InChI=1S/C20H17N3OS/c1-13(2)19-22-23-17(12-24)18(21-20(23)25-19)16-10-8-15(9-11-16)14-6-4-3-5-7-14/h3-13H,1-2H3. The molecular formula is C20H17N3OS. The van der Waals surface area contributed by atoms with Crippen molar-refractivity contribution in [2.24, 2.45) is 0 Å². The third kappa shape index (κ3) is 2.76. The van der Waals surface area contributed by atoms with Gasteiger partial charge in [0.2, 0.25) is 4.96 Å². The zero-order valence-electron chi connectivity index (χ0n) is 14.0. The van der Waals surface area contributed by atoms with Crippen LogP contribution in [0.15, 0.2) is 54.6 Å². The Morgan fingerprint density at radius 3 is 2.24 bits per heavy atom. The van der Waals surface area contributed by atoms with Crippen LogP contribution in [0.5, 0.6) is 0 Å². The lowest BCUT2D eigenvalue weighted by atomic mass is 10.0. The average Bonchev–Trinajstić information content (AvgIpc) is 3.20. The molecule has 0 saturated carbocycles. The SMILES string of the molecule is CC(C)c1nn2c(C=O)c(-c3ccc(-c4ccccc4)cc3)nc2s1. The van der Waals surface area contributed by atoms with Crippen molar-refractivity contribution in [1.29, 1.82) is 0 Å². The highest BCUT2D eigenvalue weighted by atomic mass is 32.1. The molecular weight excluding hydrogens is 330 g/mol. The summed E-state index contributed by atoms with van der Waals surface area (Å²) in [6.07, 6.45) is 0.838. The number of carbonyl (C=O) groups is 1. The molecule has 0 aliphatic rings. The number of fused-ring (bicyclic) bond motifs is 1. The average molecular weight is 347 g/mol. The maximum atomic E-state index is 11.6. The molecule has 0 N–H and O–H groups in total. The molecule has 25 heavy (non-hydrogen) atoms. The van der Waals surface area contributed by atoms with Gasteiger partial charge in [-0.1, -0.05) is 79.8 Å². The zero-order chi connectivity index (χ0) is 17.4. The summed E-state index contributed by atoms with van der Waals surface area (Å²) in [5.74, 6) is 0.319. The van der Waals surface area contributed by atoms with Gasteiger partial charge >= 0.3 is 0 Å². The fourth-order valence-electron chi connectivity index (χ4n) is 2.78. The van der Waals surface area contributed by atoms with Crippen molar-refractivity contribution in [1.82, 2.24) is 14.6 Å². The molecule has 124 valence electrons. The molecule has 0 unspecified atom stereocenters. The van der Waals surface area contributed by atoms with E-state index in [1.54, 1.807) is 4.52 Å². The van der Waals surface area contributed by atoms with E-state index >= 15 is 0 Å². The Labute approximate surface area is 149 Å². The number of aldehydes is 1. The molecule has 0 aliphatic heterocycles. The van der Waals surface area contributed by atoms with Gasteiger partial charge in [-0.2, -0.15) is 9.61 Å². The minimum atomic E-state index is 0.319.